The third-order valence-electron chi connectivity index (χ3n) is 2.16. The molecule has 0 spiro atoms. The van der Waals surface area contributed by atoms with Crippen LogP contribution in [0.4, 0.5) is 0 Å². The maximum absolute atomic E-state index is 11.2. The van der Waals surface area contributed by atoms with Crippen LogP contribution < -0.4 is 0 Å². The minimum absolute atomic E-state index is 0.0991. The zero-order chi connectivity index (χ0) is 11.9. The molecule has 0 aliphatic heterocycles. The molecule has 2 N–H and O–H groups in total. The van der Waals surface area contributed by atoms with Crippen LogP contribution in [0.15, 0.2) is 29.3 Å². The number of rotatable bonds is 2. The van der Waals surface area contributed by atoms with E-state index in [2.05, 4.69) is 4.98 Å². The molecule has 84 valence electrons. The molecule has 1 aromatic heterocycles. The Morgan fingerprint density at radius 3 is 2.62 bits per heavy atom. The molecule has 0 unspecified atom stereocenters. The van der Waals surface area contributed by atoms with Crippen LogP contribution in [-0.4, -0.2) is 24.5 Å². The molecular weight excluding hydrogens is 254 g/mol. The lowest BCUT2D eigenvalue weighted by Crippen LogP contribution is -1.99. The first-order chi connectivity index (χ1) is 7.41. The van der Waals surface area contributed by atoms with E-state index in [-0.39, 0.29) is 15.8 Å². The van der Waals surface area contributed by atoms with Gasteiger partial charge in [-0.2, -0.15) is 0 Å². The van der Waals surface area contributed by atoms with Gasteiger partial charge < -0.3 is 10.1 Å². The molecule has 0 fully saturated rings. The summed E-state index contributed by atoms with van der Waals surface area (Å²) in [6, 6.07) is 4.42. The van der Waals surface area contributed by atoms with Crippen molar-refractivity contribution in [1.82, 2.24) is 4.98 Å². The van der Waals surface area contributed by atoms with Crippen LogP contribution >= 0.6 is 10.7 Å². The molecule has 0 saturated heterocycles. The summed E-state index contributed by atoms with van der Waals surface area (Å²) in [5.41, 5.74) is 0.317. The fourth-order valence-corrected chi connectivity index (χ4v) is 2.55. The van der Waals surface area contributed by atoms with Crippen LogP contribution in [-0.2, 0) is 9.05 Å². The van der Waals surface area contributed by atoms with E-state index in [0.717, 1.165) is 0 Å². The summed E-state index contributed by atoms with van der Waals surface area (Å²) in [7, 11) is 1.25. The van der Waals surface area contributed by atoms with Crippen molar-refractivity contribution in [2.45, 2.75) is 4.90 Å². The number of aromatic amines is 1. The Kier molecular flexibility index (Phi) is 2.40. The summed E-state index contributed by atoms with van der Waals surface area (Å²) in [5, 5.41) is 9.04. The Bertz CT molecular complexity index is 674. The highest BCUT2D eigenvalue weighted by Gasteiger charge is 2.20. The summed E-state index contributed by atoms with van der Waals surface area (Å²) in [6.45, 7) is 0. The smallest absolute Gasteiger partial charge is 0.336 e. The van der Waals surface area contributed by atoms with Crippen molar-refractivity contribution in [3.8, 4) is 0 Å². The zero-order valence-electron chi connectivity index (χ0n) is 7.77. The fourth-order valence-electron chi connectivity index (χ4n) is 1.52. The highest BCUT2D eigenvalue weighted by molar-refractivity contribution is 8.14. The molecule has 0 atom stereocenters. The maximum atomic E-state index is 11.2. The minimum atomic E-state index is -3.96. The van der Waals surface area contributed by atoms with E-state index in [1.807, 2.05) is 0 Å². The van der Waals surface area contributed by atoms with Gasteiger partial charge in [-0.05, 0) is 12.1 Å². The molecule has 0 amide bonds. The highest BCUT2D eigenvalue weighted by atomic mass is 35.7. The molecular formula is C9H6ClNO4S. The Labute approximate surface area is 95.1 Å². The Balaban J connectivity index is 2.94. The second-order valence-electron chi connectivity index (χ2n) is 3.12. The molecule has 1 aromatic carbocycles. The number of carboxylic acids is 1. The number of aromatic carboxylic acids is 1. The van der Waals surface area contributed by atoms with E-state index < -0.39 is 15.0 Å². The minimum Gasteiger partial charge on any atom is -0.478 e. The van der Waals surface area contributed by atoms with E-state index in [4.69, 9.17) is 15.8 Å². The number of carbonyl (C=O) groups is 1. The predicted octanol–water partition coefficient (Wildman–Crippen LogP) is 1.79. The molecule has 7 heteroatoms. The van der Waals surface area contributed by atoms with Gasteiger partial charge in [-0.3, -0.25) is 0 Å². The van der Waals surface area contributed by atoms with Crippen molar-refractivity contribution < 1.29 is 18.3 Å². The van der Waals surface area contributed by atoms with Crippen molar-refractivity contribution >= 4 is 36.6 Å². The number of aromatic nitrogens is 1. The molecule has 1 heterocycles. The number of benzene rings is 1. The van der Waals surface area contributed by atoms with E-state index in [9.17, 15) is 13.2 Å². The summed E-state index contributed by atoms with van der Waals surface area (Å²) in [4.78, 5) is 13.4. The van der Waals surface area contributed by atoms with Crippen LogP contribution in [0.5, 0.6) is 0 Å². The van der Waals surface area contributed by atoms with Gasteiger partial charge in [0.05, 0.1) is 5.56 Å². The van der Waals surface area contributed by atoms with Crippen LogP contribution in [0.2, 0.25) is 0 Å². The summed E-state index contributed by atoms with van der Waals surface area (Å²) >= 11 is 0. The number of nitrogens with one attached hydrogen (secondary N) is 1. The normalized spacial score (nSPS) is 11.8. The van der Waals surface area contributed by atoms with Gasteiger partial charge in [0.2, 0.25) is 0 Å². The number of hydrogen-bond acceptors (Lipinski definition) is 3. The third kappa shape index (κ3) is 1.66. The molecule has 0 saturated carbocycles. The average molecular weight is 260 g/mol. The SMILES string of the molecule is O=C(O)c1cccc2[nH]cc(S(=O)(=O)Cl)c12. The first kappa shape index (κ1) is 11.0. The molecule has 2 aromatic rings. The quantitative estimate of drug-likeness (QED) is 0.805. The molecule has 0 aliphatic carbocycles. The van der Waals surface area contributed by atoms with Gasteiger partial charge in [0.25, 0.3) is 9.05 Å². The predicted molar refractivity (Wildman–Crippen MR) is 58.3 cm³/mol. The Morgan fingerprint density at radius 2 is 2.06 bits per heavy atom. The largest absolute Gasteiger partial charge is 0.478 e. The number of H-pyrrole nitrogens is 1. The topological polar surface area (TPSA) is 87.2 Å². The van der Waals surface area contributed by atoms with Gasteiger partial charge in [0, 0.05) is 27.8 Å². The fraction of sp³-hybridized carbons (Fsp3) is 0. The second kappa shape index (κ2) is 3.50. The average Bonchev–Trinajstić information content (AvgIpc) is 2.59. The Morgan fingerprint density at radius 1 is 1.38 bits per heavy atom. The van der Waals surface area contributed by atoms with E-state index in [0.29, 0.717) is 5.52 Å². The van der Waals surface area contributed by atoms with Crippen molar-refractivity contribution in [3.63, 3.8) is 0 Å². The van der Waals surface area contributed by atoms with Gasteiger partial charge in [0.15, 0.2) is 0 Å². The molecule has 0 bridgehead atoms. The lowest BCUT2D eigenvalue weighted by Gasteiger charge is -1.99. The monoisotopic (exact) mass is 259 g/mol. The van der Waals surface area contributed by atoms with Crippen LogP contribution in [0.1, 0.15) is 10.4 Å². The molecule has 16 heavy (non-hydrogen) atoms. The molecule has 2 rings (SSSR count). The zero-order valence-corrected chi connectivity index (χ0v) is 9.34. The van der Waals surface area contributed by atoms with Crippen LogP contribution in [0.25, 0.3) is 10.9 Å². The molecule has 5 nitrogen and oxygen atoms in total. The second-order valence-corrected chi connectivity index (χ2v) is 5.66. The first-order valence-electron chi connectivity index (χ1n) is 4.19. The molecule has 0 aliphatic rings. The standard InChI is InChI=1S/C9H6ClNO4S/c10-16(14,15)7-4-11-6-3-1-2-5(8(6)7)9(12)13/h1-4,11H,(H,12,13). The van der Waals surface area contributed by atoms with Gasteiger partial charge in [-0.15, -0.1) is 0 Å². The summed E-state index contributed by atoms with van der Waals surface area (Å²) in [6.07, 6.45) is 1.18. The lowest BCUT2D eigenvalue weighted by atomic mass is 10.1. The van der Waals surface area contributed by atoms with Crippen molar-refractivity contribution in [1.29, 1.82) is 0 Å². The highest BCUT2D eigenvalue weighted by Crippen LogP contribution is 2.28. The lowest BCUT2D eigenvalue weighted by molar-refractivity contribution is 0.0699. The Hall–Kier alpha value is -1.53. The van der Waals surface area contributed by atoms with E-state index in [1.54, 1.807) is 6.07 Å². The van der Waals surface area contributed by atoms with Crippen molar-refractivity contribution in [3.05, 3.63) is 30.0 Å². The number of hydrogen-bond donors (Lipinski definition) is 2. The maximum Gasteiger partial charge on any atom is 0.336 e. The van der Waals surface area contributed by atoms with Crippen LogP contribution in [0.3, 0.4) is 0 Å². The van der Waals surface area contributed by atoms with Crippen molar-refractivity contribution in [2.24, 2.45) is 0 Å². The van der Waals surface area contributed by atoms with Gasteiger partial charge >= 0.3 is 5.97 Å². The number of carboxylic acid groups (broad SMARTS) is 1. The van der Waals surface area contributed by atoms with Gasteiger partial charge in [-0.1, -0.05) is 6.07 Å². The number of halogens is 1. The molecule has 0 radical (unpaired) electrons. The third-order valence-corrected chi connectivity index (χ3v) is 3.51. The van der Waals surface area contributed by atoms with E-state index >= 15 is 0 Å². The van der Waals surface area contributed by atoms with Crippen LogP contribution in [0, 0.1) is 0 Å². The van der Waals surface area contributed by atoms with Gasteiger partial charge in [-0.25, -0.2) is 13.2 Å². The summed E-state index contributed by atoms with van der Waals surface area (Å²) in [5.74, 6) is -1.20. The summed E-state index contributed by atoms with van der Waals surface area (Å²) < 4.78 is 22.5. The van der Waals surface area contributed by atoms with Gasteiger partial charge in [0.1, 0.15) is 4.90 Å². The van der Waals surface area contributed by atoms with E-state index in [1.165, 1.54) is 18.3 Å². The first-order valence-corrected chi connectivity index (χ1v) is 6.50. The number of fused-ring (bicyclic) bond motifs is 1. The van der Waals surface area contributed by atoms with Crippen molar-refractivity contribution in [2.75, 3.05) is 0 Å².